The summed E-state index contributed by atoms with van der Waals surface area (Å²) < 4.78 is 9.03. The Morgan fingerprint density at radius 2 is 1.32 bits per heavy atom. The van der Waals surface area contributed by atoms with Crippen LogP contribution < -0.4 is 16.4 Å². The molecular formula is C30H16BNOS. The molecule has 5 aromatic carbocycles. The number of nitrogens with zero attached hydrogens (tertiary/aromatic N) is 1. The van der Waals surface area contributed by atoms with Gasteiger partial charge in [-0.25, -0.2) is 0 Å². The molecular weight excluding hydrogens is 433 g/mol. The molecule has 0 unspecified atom stereocenters. The zero-order valence-electron chi connectivity index (χ0n) is 18.1. The molecule has 0 spiro atoms. The lowest BCUT2D eigenvalue weighted by atomic mass is 9.35. The Kier molecular flexibility index (Phi) is 3.08. The summed E-state index contributed by atoms with van der Waals surface area (Å²) in [5, 5.41) is 4.89. The summed E-state index contributed by atoms with van der Waals surface area (Å²) in [7, 11) is 0. The smallest absolute Gasteiger partial charge is 0.249 e. The zero-order valence-corrected chi connectivity index (χ0v) is 18.9. The van der Waals surface area contributed by atoms with E-state index in [1.54, 1.807) is 0 Å². The maximum absolute atomic E-state index is 6.54. The highest BCUT2D eigenvalue weighted by Crippen LogP contribution is 2.42. The number of rotatable bonds is 0. The molecule has 2 aromatic heterocycles. The third-order valence-corrected chi connectivity index (χ3v) is 8.83. The number of fused-ring (bicyclic) bond motifs is 11. The normalized spacial score (nSPS) is 13.7. The molecule has 2 aliphatic heterocycles. The van der Waals surface area contributed by atoms with Gasteiger partial charge < -0.3 is 8.98 Å². The molecule has 0 N–H and O–H groups in total. The Hall–Kier alpha value is -3.89. The van der Waals surface area contributed by atoms with Crippen molar-refractivity contribution in [3.05, 3.63) is 97.1 Å². The SMILES string of the molecule is c1ccc2c(c1)Sc1cccc3c1B2c1cccc2c4ccc5c6ccccc6oc5c4n-3c12. The minimum absolute atomic E-state index is 0.246. The molecule has 4 heteroatoms. The number of hydrogen-bond donors (Lipinski definition) is 0. The standard InChI is InChI=1S/C30H16BNOS/c1-3-12-24-17(7-1)20-16-15-19-18-8-5-10-22-28(18)32(29(19)30(20)33-24)23-11-6-14-26-27(23)31(22)21-9-2-4-13-25(21)34-26/h1-16H. The summed E-state index contributed by atoms with van der Waals surface area (Å²) in [5.41, 5.74) is 9.87. The van der Waals surface area contributed by atoms with Crippen LogP contribution in [0.25, 0.3) is 49.4 Å². The number of hydrogen-bond acceptors (Lipinski definition) is 2. The molecule has 2 nitrogen and oxygen atoms in total. The van der Waals surface area contributed by atoms with Crippen LogP contribution in [0, 0.1) is 0 Å². The first kappa shape index (κ1) is 17.6. The van der Waals surface area contributed by atoms with Gasteiger partial charge in [0.1, 0.15) is 5.58 Å². The predicted molar refractivity (Wildman–Crippen MR) is 143 cm³/mol. The van der Waals surface area contributed by atoms with Gasteiger partial charge in [-0.3, -0.25) is 0 Å². The van der Waals surface area contributed by atoms with Gasteiger partial charge in [-0.15, -0.1) is 0 Å². The topological polar surface area (TPSA) is 18.1 Å². The van der Waals surface area contributed by atoms with E-state index in [-0.39, 0.29) is 6.71 Å². The Balaban J connectivity index is 1.55. The van der Waals surface area contributed by atoms with E-state index < -0.39 is 0 Å². The van der Waals surface area contributed by atoms with Crippen LogP contribution >= 0.6 is 11.8 Å². The average molecular weight is 449 g/mol. The van der Waals surface area contributed by atoms with E-state index in [1.807, 2.05) is 17.8 Å². The first-order chi connectivity index (χ1) is 16.9. The molecule has 0 saturated heterocycles. The van der Waals surface area contributed by atoms with Crippen molar-refractivity contribution in [1.82, 2.24) is 4.57 Å². The highest BCUT2D eigenvalue weighted by molar-refractivity contribution is 8.00. The Morgan fingerprint density at radius 3 is 2.32 bits per heavy atom. The number of aromatic nitrogens is 1. The molecule has 2 aliphatic rings. The molecule has 0 atom stereocenters. The number of benzene rings is 5. The summed E-state index contributed by atoms with van der Waals surface area (Å²) in [6, 6.07) is 35.4. The second-order valence-corrected chi connectivity index (χ2v) is 10.4. The molecule has 0 bridgehead atoms. The first-order valence-electron chi connectivity index (χ1n) is 11.7. The van der Waals surface area contributed by atoms with Gasteiger partial charge in [0.2, 0.25) is 6.71 Å². The van der Waals surface area contributed by atoms with Crippen LogP contribution in [-0.4, -0.2) is 11.3 Å². The van der Waals surface area contributed by atoms with Crippen LogP contribution in [0.4, 0.5) is 0 Å². The van der Waals surface area contributed by atoms with Crippen molar-refractivity contribution in [2.75, 3.05) is 0 Å². The predicted octanol–water partition coefficient (Wildman–Crippen LogP) is 5.98. The molecule has 0 amide bonds. The monoisotopic (exact) mass is 449 g/mol. The second kappa shape index (κ2) is 5.96. The summed E-state index contributed by atoms with van der Waals surface area (Å²) >= 11 is 1.89. The van der Waals surface area contributed by atoms with E-state index in [1.165, 1.54) is 64.4 Å². The van der Waals surface area contributed by atoms with Gasteiger partial charge in [-0.1, -0.05) is 84.0 Å². The minimum atomic E-state index is 0.246. The third-order valence-electron chi connectivity index (χ3n) is 7.66. The lowest BCUT2D eigenvalue weighted by Crippen LogP contribution is -2.58. The minimum Gasteiger partial charge on any atom is -0.454 e. The molecule has 0 radical (unpaired) electrons. The van der Waals surface area contributed by atoms with Crippen molar-refractivity contribution >= 4 is 78.6 Å². The van der Waals surface area contributed by atoms with Gasteiger partial charge >= 0.3 is 0 Å². The fraction of sp³-hybridized carbons (Fsp3) is 0. The average Bonchev–Trinajstić information content (AvgIpc) is 3.43. The second-order valence-electron chi connectivity index (χ2n) is 9.28. The molecule has 156 valence electrons. The fourth-order valence-corrected chi connectivity index (χ4v) is 7.51. The molecule has 4 heterocycles. The first-order valence-corrected chi connectivity index (χ1v) is 12.5. The van der Waals surface area contributed by atoms with E-state index in [4.69, 9.17) is 4.42 Å². The van der Waals surface area contributed by atoms with Gasteiger partial charge in [0.05, 0.1) is 5.52 Å². The van der Waals surface area contributed by atoms with Gasteiger partial charge in [-0.2, -0.15) is 0 Å². The van der Waals surface area contributed by atoms with Crippen molar-refractivity contribution in [1.29, 1.82) is 0 Å². The fourth-order valence-electron chi connectivity index (χ4n) is 6.34. The molecule has 0 aliphatic carbocycles. The largest absolute Gasteiger partial charge is 0.454 e. The Labute approximate surface area is 199 Å². The van der Waals surface area contributed by atoms with Gasteiger partial charge in [-0.05, 0) is 41.3 Å². The summed E-state index contributed by atoms with van der Waals surface area (Å²) in [6.45, 7) is 0.246. The van der Waals surface area contributed by atoms with Crippen molar-refractivity contribution in [2.24, 2.45) is 0 Å². The Morgan fingerprint density at radius 1 is 0.588 bits per heavy atom. The van der Waals surface area contributed by atoms with Crippen LogP contribution in [0.2, 0.25) is 0 Å². The van der Waals surface area contributed by atoms with E-state index in [0.29, 0.717) is 0 Å². The lowest BCUT2D eigenvalue weighted by Gasteiger charge is -2.32. The van der Waals surface area contributed by atoms with E-state index in [2.05, 4.69) is 95.6 Å². The van der Waals surface area contributed by atoms with Crippen molar-refractivity contribution in [3.8, 4) is 5.69 Å². The molecule has 0 saturated carbocycles. The molecule has 9 rings (SSSR count). The van der Waals surface area contributed by atoms with Crippen LogP contribution in [0.1, 0.15) is 0 Å². The highest BCUT2D eigenvalue weighted by atomic mass is 32.2. The van der Waals surface area contributed by atoms with E-state index >= 15 is 0 Å². The van der Waals surface area contributed by atoms with Gasteiger partial charge in [0, 0.05) is 42.5 Å². The van der Waals surface area contributed by atoms with Crippen LogP contribution in [0.3, 0.4) is 0 Å². The van der Waals surface area contributed by atoms with Crippen LogP contribution in [0.15, 0.2) is 111 Å². The summed E-state index contributed by atoms with van der Waals surface area (Å²) in [4.78, 5) is 2.71. The summed E-state index contributed by atoms with van der Waals surface area (Å²) in [5.74, 6) is 0. The van der Waals surface area contributed by atoms with Crippen molar-refractivity contribution < 1.29 is 4.42 Å². The molecule has 0 fully saturated rings. The zero-order chi connectivity index (χ0) is 22.0. The van der Waals surface area contributed by atoms with E-state index in [0.717, 1.165) is 11.2 Å². The lowest BCUT2D eigenvalue weighted by molar-refractivity contribution is 0.671. The van der Waals surface area contributed by atoms with E-state index in [9.17, 15) is 0 Å². The molecule has 7 aromatic rings. The number of furan rings is 1. The van der Waals surface area contributed by atoms with Crippen LogP contribution in [0.5, 0.6) is 0 Å². The third kappa shape index (κ3) is 1.94. The van der Waals surface area contributed by atoms with Crippen molar-refractivity contribution in [2.45, 2.75) is 9.79 Å². The maximum atomic E-state index is 6.54. The summed E-state index contributed by atoms with van der Waals surface area (Å²) in [6.07, 6.45) is 0. The highest BCUT2D eigenvalue weighted by Gasteiger charge is 2.39. The molecule has 34 heavy (non-hydrogen) atoms. The van der Waals surface area contributed by atoms with Gasteiger partial charge in [0.25, 0.3) is 0 Å². The van der Waals surface area contributed by atoms with Crippen LogP contribution in [-0.2, 0) is 0 Å². The van der Waals surface area contributed by atoms with Crippen molar-refractivity contribution in [3.63, 3.8) is 0 Å². The Bertz CT molecular complexity index is 2010. The maximum Gasteiger partial charge on any atom is 0.249 e. The quantitative estimate of drug-likeness (QED) is 0.265. The van der Waals surface area contributed by atoms with Gasteiger partial charge in [0.15, 0.2) is 5.58 Å². The number of para-hydroxylation sites is 2.